The summed E-state index contributed by atoms with van der Waals surface area (Å²) in [7, 11) is -1.25. The Hall–Kier alpha value is -3.29. The van der Waals surface area contributed by atoms with Crippen molar-refractivity contribution < 1.29 is 27.9 Å². The van der Waals surface area contributed by atoms with Gasteiger partial charge >= 0.3 is 21.1 Å². The summed E-state index contributed by atoms with van der Waals surface area (Å²) in [5, 5.41) is 3.68. The molecular formula is C42H55B3BrN3O6. The standard InChI is InChI=1S/C14H18BNO2.C12H24B2O4.C8H6BrN.C8H7N/c1-13(2)14(3,4)18-15(17-13)11-6-5-7-12-10(11)8-9-16-12;1-9(2)10(3,4)16-13(15-9)14-17-11(5,6)12(7,8)18-14;9-7-2-1-3-8-6(7)4-5-10-8;1-2-4-8-7(3-1)5-6-9-8/h5-9,16H,1-4H3;1-8H3;1-5,10H;1-6,9H. The van der Waals surface area contributed by atoms with Crippen molar-refractivity contribution in [3.63, 3.8) is 0 Å². The molecule has 3 aromatic carbocycles. The molecule has 290 valence electrons. The van der Waals surface area contributed by atoms with Gasteiger partial charge < -0.3 is 42.9 Å². The van der Waals surface area contributed by atoms with Crippen LogP contribution < -0.4 is 5.46 Å². The first kappa shape index (κ1) is 41.4. The zero-order chi connectivity index (χ0) is 40.0. The summed E-state index contributed by atoms with van der Waals surface area (Å²) >= 11 is 3.46. The number of halogens is 1. The van der Waals surface area contributed by atoms with Gasteiger partial charge in [0.15, 0.2) is 0 Å². The van der Waals surface area contributed by atoms with Crippen molar-refractivity contribution in [3.05, 3.63) is 102 Å². The van der Waals surface area contributed by atoms with Crippen LogP contribution in [-0.4, -0.2) is 69.7 Å². The lowest BCUT2D eigenvalue weighted by atomic mass is 9.49. The van der Waals surface area contributed by atoms with E-state index in [1.54, 1.807) is 0 Å². The Kier molecular flexibility index (Phi) is 11.5. The molecule has 0 unspecified atom stereocenters. The van der Waals surface area contributed by atoms with Gasteiger partial charge in [0, 0.05) is 45.0 Å². The average molecular weight is 810 g/mol. The molecule has 0 radical (unpaired) electrons. The van der Waals surface area contributed by atoms with Gasteiger partial charge in [0.05, 0.1) is 33.6 Å². The van der Waals surface area contributed by atoms with E-state index in [1.807, 2.05) is 104 Å². The topological polar surface area (TPSA) is 103 Å². The van der Waals surface area contributed by atoms with Crippen molar-refractivity contribution in [3.8, 4) is 0 Å². The first-order chi connectivity index (χ1) is 25.6. The Morgan fingerprint density at radius 1 is 0.418 bits per heavy atom. The lowest BCUT2D eigenvalue weighted by molar-refractivity contribution is 0.00578. The molecule has 0 aliphatic carbocycles. The van der Waals surface area contributed by atoms with E-state index >= 15 is 0 Å². The van der Waals surface area contributed by atoms with Crippen LogP contribution in [-0.2, 0) is 27.9 Å². The minimum atomic E-state index is -0.476. The molecule has 3 saturated heterocycles. The van der Waals surface area contributed by atoms with Crippen LogP contribution in [0.3, 0.4) is 0 Å². The highest BCUT2D eigenvalue weighted by molar-refractivity contribution is 9.10. The van der Waals surface area contributed by atoms with Gasteiger partial charge in [-0.25, -0.2) is 0 Å². The maximum Gasteiger partial charge on any atom is 0.495 e. The van der Waals surface area contributed by atoms with Gasteiger partial charge in [-0.05, 0) is 142 Å². The third-order valence-electron chi connectivity index (χ3n) is 11.9. The van der Waals surface area contributed by atoms with Gasteiger partial charge in [-0.3, -0.25) is 0 Å². The largest absolute Gasteiger partial charge is 0.495 e. The second kappa shape index (κ2) is 15.2. The van der Waals surface area contributed by atoms with Gasteiger partial charge in [-0.1, -0.05) is 52.3 Å². The van der Waals surface area contributed by atoms with E-state index < -0.39 is 14.0 Å². The van der Waals surface area contributed by atoms with E-state index in [2.05, 4.69) is 107 Å². The number of aromatic nitrogens is 3. The van der Waals surface area contributed by atoms with E-state index in [-0.39, 0.29) is 40.7 Å². The van der Waals surface area contributed by atoms with E-state index in [0.29, 0.717) is 0 Å². The molecule has 0 saturated carbocycles. The first-order valence-corrected chi connectivity index (χ1v) is 19.8. The Labute approximate surface area is 335 Å². The Balaban J connectivity index is 0.000000130. The SMILES string of the molecule is Brc1cccc2[nH]ccc12.CC1(C)OB(B2OC(C)(C)C(C)(C)O2)OC1(C)C.CC1(C)OB(c2cccc3[nH]ccc23)OC1(C)C.c1ccc2[nH]ccc2c1. The van der Waals surface area contributed by atoms with Gasteiger partial charge in [0.2, 0.25) is 0 Å². The first-order valence-electron chi connectivity index (χ1n) is 19.0. The Morgan fingerprint density at radius 2 is 0.818 bits per heavy atom. The summed E-state index contributed by atoms with van der Waals surface area (Å²) < 4.78 is 37.2. The highest BCUT2D eigenvalue weighted by Crippen LogP contribution is 2.43. The fraction of sp³-hybridized carbons (Fsp3) is 0.429. The minimum Gasteiger partial charge on any atom is -0.405 e. The molecule has 0 amide bonds. The molecule has 6 heterocycles. The molecule has 55 heavy (non-hydrogen) atoms. The summed E-state index contributed by atoms with van der Waals surface area (Å²) in [6, 6.07) is 26.7. The normalized spacial score (nSPS) is 21.1. The van der Waals surface area contributed by atoms with E-state index in [0.717, 1.165) is 20.8 Å². The molecule has 3 aliphatic rings. The van der Waals surface area contributed by atoms with Crippen molar-refractivity contribution in [2.75, 3.05) is 0 Å². The van der Waals surface area contributed by atoms with E-state index in [1.165, 1.54) is 21.8 Å². The quantitative estimate of drug-likeness (QED) is 0.151. The van der Waals surface area contributed by atoms with Crippen LogP contribution in [0.5, 0.6) is 0 Å². The molecule has 13 heteroatoms. The maximum absolute atomic E-state index is 6.09. The number of nitrogens with one attached hydrogen (secondary N) is 3. The van der Waals surface area contributed by atoms with E-state index in [4.69, 9.17) is 27.9 Å². The van der Waals surface area contributed by atoms with Crippen LogP contribution in [0.25, 0.3) is 32.7 Å². The van der Waals surface area contributed by atoms with Crippen LogP contribution in [0.2, 0.25) is 0 Å². The van der Waals surface area contributed by atoms with E-state index in [9.17, 15) is 0 Å². The second-order valence-corrected chi connectivity index (χ2v) is 18.2. The molecule has 3 aromatic heterocycles. The molecule has 3 aliphatic heterocycles. The van der Waals surface area contributed by atoms with Crippen molar-refractivity contribution in [2.24, 2.45) is 0 Å². The van der Waals surface area contributed by atoms with Crippen LogP contribution >= 0.6 is 15.9 Å². The fourth-order valence-electron chi connectivity index (χ4n) is 6.33. The predicted octanol–water partition coefficient (Wildman–Crippen LogP) is 9.81. The second-order valence-electron chi connectivity index (χ2n) is 17.4. The lowest BCUT2D eigenvalue weighted by Gasteiger charge is -2.32. The zero-order valence-electron chi connectivity index (χ0n) is 34.3. The number of hydrogen-bond donors (Lipinski definition) is 3. The Morgan fingerprint density at radius 3 is 1.33 bits per heavy atom. The summed E-state index contributed by atoms with van der Waals surface area (Å²) in [5.41, 5.74) is 2.55. The van der Waals surface area contributed by atoms with Gasteiger partial charge in [0.25, 0.3) is 0 Å². The molecule has 0 spiro atoms. The highest BCUT2D eigenvalue weighted by atomic mass is 79.9. The number of para-hydroxylation sites is 1. The van der Waals surface area contributed by atoms with Crippen LogP contribution in [0.15, 0.2) is 102 Å². The number of aromatic amines is 3. The van der Waals surface area contributed by atoms with Gasteiger partial charge in [-0.2, -0.15) is 0 Å². The van der Waals surface area contributed by atoms with Crippen LogP contribution in [0.1, 0.15) is 83.1 Å². The van der Waals surface area contributed by atoms with Crippen molar-refractivity contribution in [1.82, 2.24) is 15.0 Å². The predicted molar refractivity (Wildman–Crippen MR) is 230 cm³/mol. The van der Waals surface area contributed by atoms with Gasteiger partial charge in [0.1, 0.15) is 0 Å². The third kappa shape index (κ3) is 8.54. The molecular weight excluding hydrogens is 755 g/mol. The van der Waals surface area contributed by atoms with Crippen molar-refractivity contribution in [2.45, 2.75) is 117 Å². The number of fused-ring (bicyclic) bond motifs is 3. The minimum absolute atomic E-state index is 0.295. The lowest BCUT2D eigenvalue weighted by Crippen LogP contribution is -2.41. The molecule has 3 fully saturated rings. The summed E-state index contributed by atoms with van der Waals surface area (Å²) in [5.74, 6) is 0. The number of H-pyrrole nitrogens is 3. The van der Waals surface area contributed by atoms with Gasteiger partial charge in [-0.15, -0.1) is 0 Å². The molecule has 0 atom stereocenters. The molecule has 9 rings (SSSR count). The molecule has 9 nitrogen and oxygen atoms in total. The molecule has 3 N–H and O–H groups in total. The van der Waals surface area contributed by atoms with Crippen molar-refractivity contribution >= 4 is 75.2 Å². The fourth-order valence-corrected chi connectivity index (χ4v) is 6.83. The number of benzene rings is 3. The average Bonchev–Trinajstić information content (AvgIpc) is 3.94. The third-order valence-corrected chi connectivity index (χ3v) is 12.6. The smallest absolute Gasteiger partial charge is 0.405 e. The van der Waals surface area contributed by atoms with Crippen LogP contribution in [0, 0.1) is 0 Å². The summed E-state index contributed by atoms with van der Waals surface area (Å²) in [4.78, 5) is 9.46. The monoisotopic (exact) mass is 809 g/mol. The molecule has 6 aromatic rings. The number of rotatable bonds is 2. The summed E-state index contributed by atoms with van der Waals surface area (Å²) in [6.45, 7) is 24.5. The summed E-state index contributed by atoms with van der Waals surface area (Å²) in [6.07, 6.45) is 5.83. The maximum atomic E-state index is 6.09. The highest BCUT2D eigenvalue weighted by Gasteiger charge is 2.63. The molecule has 0 bridgehead atoms. The zero-order valence-corrected chi connectivity index (χ0v) is 35.9. The Bertz CT molecular complexity index is 2110. The number of hydrogen-bond acceptors (Lipinski definition) is 6. The van der Waals surface area contributed by atoms with Crippen LogP contribution in [0.4, 0.5) is 0 Å². The van der Waals surface area contributed by atoms with Crippen molar-refractivity contribution in [1.29, 1.82) is 0 Å².